The van der Waals surface area contributed by atoms with Crippen molar-refractivity contribution in [3.63, 3.8) is 0 Å². The zero-order chi connectivity index (χ0) is 14.8. The third-order valence-electron chi connectivity index (χ3n) is 4.08. The number of amides is 1. The molecule has 21 heavy (non-hydrogen) atoms. The first-order chi connectivity index (χ1) is 10.1. The van der Waals surface area contributed by atoms with Crippen molar-refractivity contribution in [2.45, 2.75) is 38.6 Å². The highest BCUT2D eigenvalue weighted by Gasteiger charge is 2.26. The highest BCUT2D eigenvalue weighted by Crippen LogP contribution is 2.38. The molecular formula is C19H21NO. The quantitative estimate of drug-likeness (QED) is 0.913. The summed E-state index contributed by atoms with van der Waals surface area (Å²) < 4.78 is 0. The first-order valence-corrected chi connectivity index (χ1v) is 7.60. The average Bonchev–Trinajstić information content (AvgIpc) is 2.46. The Morgan fingerprint density at radius 1 is 1.05 bits per heavy atom. The van der Waals surface area contributed by atoms with Crippen LogP contribution in [0.2, 0.25) is 0 Å². The Labute approximate surface area is 126 Å². The van der Waals surface area contributed by atoms with Crippen LogP contribution in [0.3, 0.4) is 0 Å². The maximum Gasteiger partial charge on any atom is 0.221 e. The standard InChI is InChI=1S/C19H21NO/c1-13(2)20-19(21)12-18-16-9-5-3-7-14(16)11-15-8-4-6-10-17(15)18/h3-10,13,18H,11-12H2,1-2H3,(H,20,21). The van der Waals surface area contributed by atoms with Gasteiger partial charge in [-0.25, -0.2) is 0 Å². The number of carbonyl (C=O) groups is 1. The molecule has 0 spiro atoms. The van der Waals surface area contributed by atoms with E-state index in [0.29, 0.717) is 6.42 Å². The van der Waals surface area contributed by atoms with Crippen LogP contribution in [0.1, 0.15) is 48.4 Å². The second-order valence-electron chi connectivity index (χ2n) is 6.05. The van der Waals surface area contributed by atoms with Gasteiger partial charge in [-0.05, 0) is 42.5 Å². The lowest BCUT2D eigenvalue weighted by Gasteiger charge is -2.28. The van der Waals surface area contributed by atoms with Crippen molar-refractivity contribution in [1.29, 1.82) is 0 Å². The fourth-order valence-electron chi connectivity index (χ4n) is 3.23. The molecule has 0 heterocycles. The van der Waals surface area contributed by atoms with Gasteiger partial charge in [0.25, 0.3) is 0 Å². The predicted molar refractivity (Wildman–Crippen MR) is 85.4 cm³/mol. The minimum absolute atomic E-state index is 0.126. The van der Waals surface area contributed by atoms with E-state index in [1.807, 2.05) is 13.8 Å². The molecule has 0 bridgehead atoms. The monoisotopic (exact) mass is 279 g/mol. The lowest BCUT2D eigenvalue weighted by molar-refractivity contribution is -0.121. The molecule has 0 fully saturated rings. The lowest BCUT2D eigenvalue weighted by Crippen LogP contribution is -2.32. The van der Waals surface area contributed by atoms with Crippen molar-refractivity contribution in [1.82, 2.24) is 5.32 Å². The normalized spacial score (nSPS) is 13.7. The summed E-state index contributed by atoms with van der Waals surface area (Å²) in [4.78, 5) is 12.2. The lowest BCUT2D eigenvalue weighted by atomic mass is 9.76. The van der Waals surface area contributed by atoms with Crippen LogP contribution >= 0.6 is 0 Å². The summed E-state index contributed by atoms with van der Waals surface area (Å²) >= 11 is 0. The molecule has 2 heteroatoms. The molecule has 1 N–H and O–H groups in total. The number of hydrogen-bond acceptors (Lipinski definition) is 1. The Bertz CT molecular complexity index is 615. The van der Waals surface area contributed by atoms with E-state index in [2.05, 4.69) is 53.8 Å². The summed E-state index contributed by atoms with van der Waals surface area (Å²) in [5, 5.41) is 3.01. The van der Waals surface area contributed by atoms with Gasteiger partial charge in [-0.3, -0.25) is 4.79 Å². The smallest absolute Gasteiger partial charge is 0.221 e. The third kappa shape index (κ3) is 2.85. The molecule has 0 aromatic heterocycles. The second kappa shape index (κ2) is 5.72. The molecule has 0 atom stereocenters. The molecule has 2 aromatic rings. The first-order valence-electron chi connectivity index (χ1n) is 7.60. The minimum atomic E-state index is 0.126. The van der Waals surface area contributed by atoms with Gasteiger partial charge < -0.3 is 5.32 Å². The van der Waals surface area contributed by atoms with E-state index in [1.165, 1.54) is 22.3 Å². The molecule has 0 saturated carbocycles. The molecule has 0 radical (unpaired) electrons. The van der Waals surface area contributed by atoms with Crippen molar-refractivity contribution >= 4 is 5.91 Å². The van der Waals surface area contributed by atoms with Crippen LogP contribution < -0.4 is 5.32 Å². The summed E-state index contributed by atoms with van der Waals surface area (Å²) in [5.74, 6) is 0.298. The molecule has 0 aliphatic heterocycles. The highest BCUT2D eigenvalue weighted by molar-refractivity contribution is 5.78. The van der Waals surface area contributed by atoms with Gasteiger partial charge in [-0.2, -0.15) is 0 Å². The Morgan fingerprint density at radius 2 is 1.57 bits per heavy atom. The topological polar surface area (TPSA) is 29.1 Å². The second-order valence-corrected chi connectivity index (χ2v) is 6.05. The SMILES string of the molecule is CC(C)NC(=O)CC1c2ccccc2Cc2ccccc21. The maximum atomic E-state index is 12.2. The van der Waals surface area contributed by atoms with Crippen LogP contribution in [0.5, 0.6) is 0 Å². The van der Waals surface area contributed by atoms with E-state index in [9.17, 15) is 4.79 Å². The first kappa shape index (κ1) is 13.9. The largest absolute Gasteiger partial charge is 0.354 e. The van der Waals surface area contributed by atoms with Crippen molar-refractivity contribution in [3.05, 3.63) is 70.8 Å². The van der Waals surface area contributed by atoms with Crippen molar-refractivity contribution in [2.75, 3.05) is 0 Å². The summed E-state index contributed by atoms with van der Waals surface area (Å²) in [6, 6.07) is 17.2. The fourth-order valence-corrected chi connectivity index (χ4v) is 3.23. The van der Waals surface area contributed by atoms with Crippen LogP contribution in [0.4, 0.5) is 0 Å². The predicted octanol–water partition coefficient (Wildman–Crippen LogP) is 3.64. The van der Waals surface area contributed by atoms with E-state index in [-0.39, 0.29) is 17.9 Å². The maximum absolute atomic E-state index is 12.2. The molecule has 2 nitrogen and oxygen atoms in total. The Morgan fingerprint density at radius 3 is 2.10 bits per heavy atom. The van der Waals surface area contributed by atoms with E-state index in [1.54, 1.807) is 0 Å². The van der Waals surface area contributed by atoms with Crippen molar-refractivity contribution in [3.8, 4) is 0 Å². The number of fused-ring (bicyclic) bond motifs is 2. The zero-order valence-electron chi connectivity index (χ0n) is 12.6. The van der Waals surface area contributed by atoms with Gasteiger partial charge in [0, 0.05) is 18.4 Å². The summed E-state index contributed by atoms with van der Waals surface area (Å²) in [5.41, 5.74) is 5.29. The Kier molecular flexibility index (Phi) is 3.78. The summed E-state index contributed by atoms with van der Waals surface area (Å²) in [6.45, 7) is 4.00. The number of hydrogen-bond donors (Lipinski definition) is 1. The molecule has 2 aromatic carbocycles. The molecule has 108 valence electrons. The molecule has 0 unspecified atom stereocenters. The molecule has 0 saturated heterocycles. The van der Waals surface area contributed by atoms with E-state index >= 15 is 0 Å². The third-order valence-corrected chi connectivity index (χ3v) is 4.08. The molecule has 1 aliphatic carbocycles. The summed E-state index contributed by atoms with van der Waals surface area (Å²) in [6.07, 6.45) is 1.49. The van der Waals surface area contributed by atoms with Gasteiger partial charge in [-0.15, -0.1) is 0 Å². The molecule has 1 amide bonds. The molecule has 1 aliphatic rings. The number of carbonyl (C=O) groups excluding carboxylic acids is 1. The van der Waals surface area contributed by atoms with Crippen molar-refractivity contribution in [2.24, 2.45) is 0 Å². The molecule has 3 rings (SSSR count). The van der Waals surface area contributed by atoms with E-state index in [0.717, 1.165) is 6.42 Å². The fraction of sp³-hybridized carbons (Fsp3) is 0.316. The van der Waals surface area contributed by atoms with Gasteiger partial charge in [0.2, 0.25) is 5.91 Å². The zero-order valence-corrected chi connectivity index (χ0v) is 12.6. The van der Waals surface area contributed by atoms with Crippen LogP contribution in [0.15, 0.2) is 48.5 Å². The Hall–Kier alpha value is -2.09. The number of rotatable bonds is 3. The average molecular weight is 279 g/mol. The van der Waals surface area contributed by atoms with Gasteiger partial charge in [0.15, 0.2) is 0 Å². The van der Waals surface area contributed by atoms with Crippen LogP contribution in [0.25, 0.3) is 0 Å². The van der Waals surface area contributed by atoms with Crippen LogP contribution in [0, 0.1) is 0 Å². The number of nitrogens with one attached hydrogen (secondary N) is 1. The van der Waals surface area contributed by atoms with E-state index < -0.39 is 0 Å². The highest BCUT2D eigenvalue weighted by atomic mass is 16.1. The minimum Gasteiger partial charge on any atom is -0.354 e. The van der Waals surface area contributed by atoms with Gasteiger partial charge in [0.1, 0.15) is 0 Å². The van der Waals surface area contributed by atoms with Gasteiger partial charge in [0.05, 0.1) is 0 Å². The summed E-state index contributed by atoms with van der Waals surface area (Å²) in [7, 11) is 0. The Balaban J connectivity index is 1.97. The van der Waals surface area contributed by atoms with Gasteiger partial charge >= 0.3 is 0 Å². The van der Waals surface area contributed by atoms with E-state index in [4.69, 9.17) is 0 Å². The van der Waals surface area contributed by atoms with Gasteiger partial charge in [-0.1, -0.05) is 48.5 Å². The van der Waals surface area contributed by atoms with Crippen molar-refractivity contribution < 1.29 is 4.79 Å². The van der Waals surface area contributed by atoms with Crippen LogP contribution in [-0.4, -0.2) is 11.9 Å². The van der Waals surface area contributed by atoms with Crippen LogP contribution in [-0.2, 0) is 11.2 Å². The molecular weight excluding hydrogens is 258 g/mol. The number of benzene rings is 2.